The summed E-state index contributed by atoms with van der Waals surface area (Å²) < 4.78 is 59.8. The number of allylic oxidation sites excluding steroid dienone is 6. The standard InChI is InChI=1S/C31H48O6.C25H31F3O5S.C22H17ClN2/c1-17(2)9-8-10-20(28(35)36)26-22-15-24(34)27-29(5)13-12-23(33)18(3)21(29)11-14-30(27,6)31(22,7)16-25(26)37-19(4)32;1-5-20(31)33-25(21(32)34-12-26)13(2)8-15-16-10-18(27)17-9-14(29)6-7-22(17,3)24(16,28)19(30)11-23(15,25)4;23-21-14-8-7-13-20(21)22(25-16-15-24-17-25,18-9-3-1-4-10-18)19-11-5-2-6-12-19/h9,18,21-25,27,33-34H,8,10-16H2,1-7H3,(H,35,36);6-7,9,13,15-16,18-19,30H,5,8,10-12H2,1-4H3;1-17H/b26-20-;;/t18-,21-,22-,23+,24+,25-,27-,29-,30-,31-;13-,15+,16+,18+,19+,22+,23+,24+,25+;/m01./s1. The Labute approximate surface area is 572 Å². The lowest BCUT2D eigenvalue weighted by molar-refractivity contribution is -0.234. The number of carbonyl (C=O) groups is 5. The zero-order valence-corrected chi connectivity index (χ0v) is 58.8. The Balaban J connectivity index is 0.000000159. The molecule has 7 fully saturated rings. The second-order valence-corrected chi connectivity index (χ2v) is 31.4. The maximum absolute atomic E-state index is 17.2. The van der Waals surface area contributed by atoms with E-state index >= 15 is 8.78 Å². The van der Waals surface area contributed by atoms with Crippen LogP contribution in [0, 0.1) is 68.5 Å². The fourth-order valence-electron chi connectivity index (χ4n) is 20.9. The number of aromatic nitrogens is 2. The minimum Gasteiger partial charge on any atom is -0.478 e. The highest BCUT2D eigenvalue weighted by molar-refractivity contribution is 8.13. The van der Waals surface area contributed by atoms with Crippen molar-refractivity contribution in [1.29, 1.82) is 0 Å². The van der Waals surface area contributed by atoms with Gasteiger partial charge in [0, 0.05) is 64.6 Å². The van der Waals surface area contributed by atoms with E-state index in [0.717, 1.165) is 64.6 Å². The molecule has 4 N–H and O–H groups in total. The van der Waals surface area contributed by atoms with Gasteiger partial charge in [0.1, 0.15) is 23.8 Å². The Morgan fingerprint density at radius 1 is 0.823 bits per heavy atom. The molecular formula is C78H96ClF3N2O11S. The molecule has 0 amide bonds. The molecule has 1 aromatic heterocycles. The summed E-state index contributed by atoms with van der Waals surface area (Å²) in [7, 11) is 0. The summed E-state index contributed by atoms with van der Waals surface area (Å²) >= 11 is 7.09. The number of thioether (sulfide) groups is 1. The first-order valence-electron chi connectivity index (χ1n) is 34.2. The van der Waals surface area contributed by atoms with Crippen molar-refractivity contribution < 1.29 is 67.0 Å². The molecule has 4 aromatic rings. The minimum absolute atomic E-state index is 0.0141. The van der Waals surface area contributed by atoms with E-state index in [2.05, 4.69) is 91.8 Å². The van der Waals surface area contributed by atoms with Crippen LogP contribution >= 0.6 is 23.4 Å². The SMILES string of the molecule is CC(=O)O[C@H]1C[C@@]2(C)[C@@H](C[C@@H](O)[C@H]3[C@@]4(C)CC[C@@H](O)[C@@H](C)[C@@H]4CC[C@@]32C)/C1=C(\CCC=C(C)C)C(=O)O.CCC(=O)O[C@]1(C(=O)SCF)[C@H](C)C[C@H]2[C@@H]3C[C@H](F)C4=CC(=O)C=C[C@]4(C)[C@@]3(F)[C@@H](O)C[C@@]21C.Clc1ccccc1C(c1ccccc1)(c1ccccc1)n1ccnc1. The Bertz CT molecular complexity index is 3650. The summed E-state index contributed by atoms with van der Waals surface area (Å²) in [5.74, 6) is -4.21. The molecule has 8 aliphatic rings. The lowest BCUT2D eigenvalue weighted by Crippen LogP contribution is -2.70. The van der Waals surface area contributed by atoms with Gasteiger partial charge in [-0.15, -0.1) is 0 Å². The number of ketones is 1. The zero-order valence-electron chi connectivity index (χ0n) is 57.2. The number of aliphatic hydroxyl groups is 3. The number of rotatable bonds is 13. The summed E-state index contributed by atoms with van der Waals surface area (Å²) in [6.07, 6.45) is 12.0. The number of carboxylic acid groups (broad SMARTS) is 1. The summed E-state index contributed by atoms with van der Waals surface area (Å²) in [6.45, 7) is 20.9. The van der Waals surface area contributed by atoms with E-state index in [0.29, 0.717) is 48.9 Å². The maximum Gasteiger partial charge on any atom is 0.331 e. The molecule has 18 heteroatoms. The largest absolute Gasteiger partial charge is 0.478 e. The molecule has 0 radical (unpaired) electrons. The molecule has 96 heavy (non-hydrogen) atoms. The molecule has 3 aromatic carbocycles. The van der Waals surface area contributed by atoms with Crippen LogP contribution in [0.3, 0.4) is 0 Å². The van der Waals surface area contributed by atoms with E-state index in [9.17, 15) is 48.8 Å². The van der Waals surface area contributed by atoms with Gasteiger partial charge in [0.05, 0.1) is 24.6 Å². The molecule has 19 atom stereocenters. The van der Waals surface area contributed by atoms with Gasteiger partial charge < -0.3 is 34.5 Å². The number of benzene rings is 3. The number of aliphatic carboxylic acids is 1. The van der Waals surface area contributed by atoms with Crippen LogP contribution in [-0.4, -0.2) is 107 Å². The van der Waals surface area contributed by atoms with E-state index in [4.69, 9.17) is 21.1 Å². The third-order valence-electron chi connectivity index (χ3n) is 25.3. The average Bonchev–Trinajstić information content (AvgIpc) is 1.39. The van der Waals surface area contributed by atoms with Crippen molar-refractivity contribution in [2.45, 2.75) is 201 Å². The number of hydrogen-bond donors (Lipinski definition) is 4. The van der Waals surface area contributed by atoms with Gasteiger partial charge in [0.15, 0.2) is 17.1 Å². The normalized spacial score (nSPS) is 37.6. The number of carbonyl (C=O) groups excluding carboxylic acids is 4. The van der Waals surface area contributed by atoms with Gasteiger partial charge in [0.2, 0.25) is 5.12 Å². The fraction of sp³-hybridized carbons (Fsp3) is 0.564. The number of hydrogen-bond acceptors (Lipinski definition) is 12. The number of nitrogens with zero attached hydrogens (tertiary/aromatic N) is 2. The number of alkyl halides is 3. The molecule has 1 heterocycles. The van der Waals surface area contributed by atoms with Crippen LogP contribution in [0.15, 0.2) is 150 Å². The molecule has 518 valence electrons. The summed E-state index contributed by atoms with van der Waals surface area (Å²) in [5, 5.41) is 44.3. The number of aliphatic hydroxyl groups excluding tert-OH is 3. The Morgan fingerprint density at radius 2 is 1.47 bits per heavy atom. The molecular weight excluding hydrogens is 1270 g/mol. The monoisotopic (exact) mass is 1360 g/mol. The summed E-state index contributed by atoms with van der Waals surface area (Å²) in [6, 6.07) is 27.8. The van der Waals surface area contributed by atoms with Crippen LogP contribution in [0.2, 0.25) is 5.02 Å². The summed E-state index contributed by atoms with van der Waals surface area (Å²) in [5.41, 5.74) is -2.57. The molecule has 8 aliphatic carbocycles. The Morgan fingerprint density at radius 3 is 2.05 bits per heavy atom. The van der Waals surface area contributed by atoms with Gasteiger partial charge in [-0.25, -0.2) is 22.9 Å². The zero-order chi connectivity index (χ0) is 69.9. The van der Waals surface area contributed by atoms with Gasteiger partial charge in [-0.3, -0.25) is 19.2 Å². The predicted octanol–water partition coefficient (Wildman–Crippen LogP) is 15.5. The molecule has 7 saturated carbocycles. The number of carboxylic acids is 1. The van der Waals surface area contributed by atoms with Crippen LogP contribution in [0.1, 0.15) is 170 Å². The van der Waals surface area contributed by atoms with E-state index in [-0.39, 0.29) is 71.4 Å². The third kappa shape index (κ3) is 11.6. The van der Waals surface area contributed by atoms with Crippen LogP contribution in [0.25, 0.3) is 0 Å². The predicted molar refractivity (Wildman–Crippen MR) is 365 cm³/mol. The second-order valence-electron chi connectivity index (χ2n) is 30.1. The molecule has 0 saturated heterocycles. The number of imidazole rings is 1. The molecule has 0 aliphatic heterocycles. The Kier molecular flexibility index (Phi) is 20.8. The van der Waals surface area contributed by atoms with Crippen molar-refractivity contribution in [3.63, 3.8) is 0 Å². The first-order chi connectivity index (χ1) is 45.3. The van der Waals surface area contributed by atoms with Crippen LogP contribution in [0.4, 0.5) is 13.2 Å². The maximum atomic E-state index is 17.2. The van der Waals surface area contributed by atoms with Crippen molar-refractivity contribution in [3.8, 4) is 0 Å². The smallest absolute Gasteiger partial charge is 0.331 e. The molecule has 0 spiro atoms. The van der Waals surface area contributed by atoms with Crippen LogP contribution in [-0.2, 0) is 39.0 Å². The fourth-order valence-corrected chi connectivity index (χ4v) is 22.0. The van der Waals surface area contributed by atoms with Gasteiger partial charge in [-0.1, -0.05) is 157 Å². The minimum atomic E-state index is -2.30. The van der Waals surface area contributed by atoms with Crippen molar-refractivity contribution in [2.24, 2.45) is 68.5 Å². The summed E-state index contributed by atoms with van der Waals surface area (Å²) in [4.78, 5) is 66.9. The van der Waals surface area contributed by atoms with Crippen molar-refractivity contribution >= 4 is 52.2 Å². The third-order valence-corrected chi connectivity index (χ3v) is 26.3. The first kappa shape index (κ1) is 72.6. The number of fused-ring (bicyclic) bond motifs is 10. The quantitative estimate of drug-likeness (QED) is 0.0427. The van der Waals surface area contributed by atoms with Crippen molar-refractivity contribution in [3.05, 3.63) is 172 Å². The average molecular weight is 1360 g/mol. The van der Waals surface area contributed by atoms with Gasteiger partial charge in [-0.05, 0) is 189 Å². The van der Waals surface area contributed by atoms with Crippen molar-refractivity contribution in [2.75, 3.05) is 6.01 Å². The highest BCUT2D eigenvalue weighted by Gasteiger charge is 2.78. The van der Waals surface area contributed by atoms with Gasteiger partial charge in [-0.2, -0.15) is 0 Å². The molecule has 0 unspecified atom stereocenters. The van der Waals surface area contributed by atoms with Crippen LogP contribution in [0.5, 0.6) is 0 Å². The second kappa shape index (κ2) is 27.5. The highest BCUT2D eigenvalue weighted by atomic mass is 35.5. The first-order valence-corrected chi connectivity index (χ1v) is 35.6. The molecule has 0 bridgehead atoms. The van der Waals surface area contributed by atoms with Crippen LogP contribution < -0.4 is 0 Å². The van der Waals surface area contributed by atoms with E-state index in [1.54, 1.807) is 27.0 Å². The Hall–Kier alpha value is -6.11. The van der Waals surface area contributed by atoms with E-state index in [1.165, 1.54) is 26.0 Å². The molecule has 12 rings (SSSR count). The lowest BCUT2D eigenvalue weighted by atomic mass is 9.36. The number of ether oxygens (including phenoxy) is 2. The van der Waals surface area contributed by atoms with Crippen molar-refractivity contribution in [1.82, 2.24) is 9.55 Å². The molecule has 13 nitrogen and oxygen atoms in total. The number of esters is 2. The van der Waals surface area contributed by atoms with E-state index < -0.39 is 105 Å². The lowest BCUT2D eigenvalue weighted by Gasteiger charge is -2.69. The highest BCUT2D eigenvalue weighted by Crippen LogP contribution is 2.76. The topological polar surface area (TPSA) is 203 Å². The van der Waals surface area contributed by atoms with E-state index in [1.807, 2.05) is 62.8 Å². The van der Waals surface area contributed by atoms with Gasteiger partial charge in [0.25, 0.3) is 0 Å². The number of halogens is 4. The van der Waals surface area contributed by atoms with Gasteiger partial charge >= 0.3 is 17.9 Å².